The lowest BCUT2D eigenvalue weighted by Gasteiger charge is -2.16. The van der Waals surface area contributed by atoms with Gasteiger partial charge in [0.2, 0.25) is 5.91 Å². The van der Waals surface area contributed by atoms with Gasteiger partial charge in [0.25, 0.3) is 11.1 Å². The molecule has 2 aromatic heterocycles. The Morgan fingerprint density at radius 1 is 1.21 bits per heavy atom. The third-order valence-corrected chi connectivity index (χ3v) is 7.13. The number of nitrogens with zero attached hydrogens (tertiary/aromatic N) is 3. The van der Waals surface area contributed by atoms with Gasteiger partial charge in [-0.15, -0.1) is 11.3 Å². The van der Waals surface area contributed by atoms with Gasteiger partial charge in [0.15, 0.2) is 0 Å². The zero-order chi connectivity index (χ0) is 24.4. The maximum Gasteiger partial charge on any atom is 0.294 e. The SMILES string of the molecule is COc1ccc(-n2c(C)c(C)c(C#N)c2NC(=O)CN2C(=O)S/C(=C\c3cccs3)C2=O)cc1. The highest BCUT2D eigenvalue weighted by Crippen LogP contribution is 2.34. The van der Waals surface area contributed by atoms with Gasteiger partial charge in [0.05, 0.1) is 17.6 Å². The summed E-state index contributed by atoms with van der Waals surface area (Å²) in [5, 5.41) is 13.8. The number of carbonyl (C=O) groups is 3. The predicted molar refractivity (Wildman–Crippen MR) is 132 cm³/mol. The average molecular weight is 493 g/mol. The molecule has 4 rings (SSSR count). The van der Waals surface area contributed by atoms with Crippen LogP contribution in [0.5, 0.6) is 5.75 Å². The summed E-state index contributed by atoms with van der Waals surface area (Å²) in [6.45, 7) is 3.19. The fourth-order valence-electron chi connectivity index (χ4n) is 3.57. The van der Waals surface area contributed by atoms with Crippen LogP contribution in [0.25, 0.3) is 11.8 Å². The molecule has 172 valence electrons. The zero-order valence-electron chi connectivity index (χ0n) is 18.6. The van der Waals surface area contributed by atoms with Crippen LogP contribution in [-0.2, 0) is 9.59 Å². The van der Waals surface area contributed by atoms with Gasteiger partial charge >= 0.3 is 0 Å². The van der Waals surface area contributed by atoms with Crippen molar-refractivity contribution in [2.24, 2.45) is 0 Å². The van der Waals surface area contributed by atoms with Crippen LogP contribution in [0.3, 0.4) is 0 Å². The van der Waals surface area contributed by atoms with Crippen LogP contribution in [0.15, 0.2) is 46.7 Å². The normalized spacial score (nSPS) is 14.5. The molecule has 3 amide bonds. The zero-order valence-corrected chi connectivity index (χ0v) is 20.3. The van der Waals surface area contributed by atoms with E-state index in [9.17, 15) is 19.6 Å². The number of benzene rings is 1. The third-order valence-electron chi connectivity index (χ3n) is 5.41. The Labute approximate surface area is 204 Å². The lowest BCUT2D eigenvalue weighted by molar-refractivity contribution is -0.127. The highest BCUT2D eigenvalue weighted by molar-refractivity contribution is 8.18. The van der Waals surface area contributed by atoms with Crippen molar-refractivity contribution >= 4 is 52.0 Å². The van der Waals surface area contributed by atoms with E-state index < -0.39 is 23.6 Å². The molecule has 1 fully saturated rings. The molecule has 1 aromatic carbocycles. The van der Waals surface area contributed by atoms with Crippen LogP contribution < -0.4 is 10.1 Å². The van der Waals surface area contributed by atoms with Gasteiger partial charge in [0, 0.05) is 16.3 Å². The van der Waals surface area contributed by atoms with E-state index in [1.54, 1.807) is 36.8 Å². The Morgan fingerprint density at radius 3 is 2.56 bits per heavy atom. The van der Waals surface area contributed by atoms with Gasteiger partial charge in [-0.05, 0) is 73.0 Å². The van der Waals surface area contributed by atoms with Crippen molar-refractivity contribution in [1.29, 1.82) is 5.26 Å². The molecule has 8 nitrogen and oxygen atoms in total. The summed E-state index contributed by atoms with van der Waals surface area (Å²) in [6.07, 6.45) is 1.64. The largest absolute Gasteiger partial charge is 0.497 e. The number of hydrogen-bond acceptors (Lipinski definition) is 7. The highest BCUT2D eigenvalue weighted by atomic mass is 32.2. The lowest BCUT2D eigenvalue weighted by Crippen LogP contribution is -2.36. The van der Waals surface area contributed by atoms with Crippen molar-refractivity contribution in [1.82, 2.24) is 9.47 Å². The molecular weight excluding hydrogens is 472 g/mol. The molecule has 1 aliphatic rings. The van der Waals surface area contributed by atoms with Gasteiger partial charge in [-0.2, -0.15) is 5.26 Å². The van der Waals surface area contributed by atoms with E-state index in [4.69, 9.17) is 4.74 Å². The summed E-state index contributed by atoms with van der Waals surface area (Å²) < 4.78 is 6.97. The molecule has 1 aliphatic heterocycles. The van der Waals surface area contributed by atoms with Crippen LogP contribution in [0.4, 0.5) is 10.6 Å². The highest BCUT2D eigenvalue weighted by Gasteiger charge is 2.36. The number of ether oxygens (including phenoxy) is 1. The molecule has 34 heavy (non-hydrogen) atoms. The molecule has 0 atom stereocenters. The van der Waals surface area contributed by atoms with E-state index in [1.165, 1.54) is 11.3 Å². The number of hydrogen-bond donors (Lipinski definition) is 1. The Kier molecular flexibility index (Phi) is 6.58. The van der Waals surface area contributed by atoms with Crippen LogP contribution >= 0.6 is 23.1 Å². The second-order valence-corrected chi connectivity index (χ2v) is 9.38. The Hall–Kier alpha value is -3.81. The summed E-state index contributed by atoms with van der Waals surface area (Å²) in [6, 6.07) is 13.0. The van der Waals surface area contributed by atoms with E-state index in [2.05, 4.69) is 11.4 Å². The minimum Gasteiger partial charge on any atom is -0.497 e. The first-order valence-electron chi connectivity index (χ1n) is 10.2. The second-order valence-electron chi connectivity index (χ2n) is 7.41. The van der Waals surface area contributed by atoms with Crippen molar-refractivity contribution in [2.75, 3.05) is 19.0 Å². The number of nitriles is 1. The molecule has 1 N–H and O–H groups in total. The number of imide groups is 1. The molecule has 0 radical (unpaired) electrons. The number of aromatic nitrogens is 1. The molecule has 0 saturated carbocycles. The molecule has 10 heteroatoms. The Bertz CT molecular complexity index is 1350. The fraction of sp³-hybridized carbons (Fsp3) is 0.167. The standard InChI is InChI=1S/C24H20N4O4S2/c1-14-15(2)28(16-6-8-17(32-3)9-7-16)22(19(14)12-25)26-21(29)13-27-23(30)20(34-24(27)31)11-18-5-4-10-33-18/h4-11H,13H2,1-3H3,(H,26,29)/b20-11-. The molecule has 3 aromatic rings. The van der Waals surface area contributed by atoms with Gasteiger partial charge in [-0.25, -0.2) is 0 Å². The minimum atomic E-state index is -0.580. The molecule has 1 saturated heterocycles. The molecule has 3 heterocycles. The van der Waals surface area contributed by atoms with E-state index >= 15 is 0 Å². The Balaban J connectivity index is 1.59. The molecule has 0 bridgehead atoms. The van der Waals surface area contributed by atoms with Crippen LogP contribution in [0.1, 0.15) is 21.7 Å². The van der Waals surface area contributed by atoms with Gasteiger partial charge in [-0.3, -0.25) is 23.9 Å². The summed E-state index contributed by atoms with van der Waals surface area (Å²) >= 11 is 2.25. The number of thiophene rings is 1. The van der Waals surface area contributed by atoms with E-state index in [0.717, 1.165) is 38.5 Å². The number of methoxy groups -OCH3 is 1. The van der Waals surface area contributed by atoms with E-state index in [0.29, 0.717) is 11.3 Å². The quantitative estimate of drug-likeness (QED) is 0.500. The molecule has 0 spiro atoms. The van der Waals surface area contributed by atoms with Crippen LogP contribution in [-0.4, -0.2) is 40.2 Å². The first kappa shape index (κ1) is 23.4. The third kappa shape index (κ3) is 4.35. The number of amides is 3. The lowest BCUT2D eigenvalue weighted by atomic mass is 10.2. The monoisotopic (exact) mass is 492 g/mol. The topological polar surface area (TPSA) is 104 Å². The number of carbonyl (C=O) groups excluding carboxylic acids is 3. The van der Waals surface area contributed by atoms with Crippen molar-refractivity contribution in [3.8, 4) is 17.5 Å². The summed E-state index contributed by atoms with van der Waals surface area (Å²) in [4.78, 5) is 40.1. The second kappa shape index (κ2) is 9.59. The van der Waals surface area contributed by atoms with Crippen LogP contribution in [0, 0.1) is 25.2 Å². The van der Waals surface area contributed by atoms with Gasteiger partial charge < -0.3 is 10.1 Å². The average Bonchev–Trinajstić information content (AvgIpc) is 3.49. The van der Waals surface area contributed by atoms with E-state index in [-0.39, 0.29) is 10.7 Å². The maximum absolute atomic E-state index is 12.9. The molecule has 0 unspecified atom stereocenters. The molecular formula is C24H20N4O4S2. The summed E-state index contributed by atoms with van der Waals surface area (Å²) in [5.74, 6) is -0.138. The minimum absolute atomic E-state index is 0.270. The van der Waals surface area contributed by atoms with Crippen LogP contribution in [0.2, 0.25) is 0 Å². The van der Waals surface area contributed by atoms with Crippen molar-refractivity contribution in [3.63, 3.8) is 0 Å². The first-order valence-corrected chi connectivity index (χ1v) is 11.9. The van der Waals surface area contributed by atoms with Gasteiger partial charge in [0.1, 0.15) is 24.2 Å². The van der Waals surface area contributed by atoms with E-state index in [1.807, 2.05) is 36.6 Å². The van der Waals surface area contributed by atoms with Crippen molar-refractivity contribution < 1.29 is 19.1 Å². The summed E-state index contributed by atoms with van der Waals surface area (Å²) in [7, 11) is 1.57. The molecule has 0 aliphatic carbocycles. The number of anilines is 1. The predicted octanol–water partition coefficient (Wildman–Crippen LogP) is 4.71. The number of thioether (sulfide) groups is 1. The number of rotatable bonds is 6. The summed E-state index contributed by atoms with van der Waals surface area (Å²) in [5.41, 5.74) is 2.54. The first-order chi connectivity index (χ1) is 16.3. The number of nitrogens with one attached hydrogen (secondary N) is 1. The van der Waals surface area contributed by atoms with Crippen molar-refractivity contribution in [2.45, 2.75) is 13.8 Å². The smallest absolute Gasteiger partial charge is 0.294 e. The fourth-order valence-corrected chi connectivity index (χ4v) is 5.13. The van der Waals surface area contributed by atoms with Gasteiger partial charge in [-0.1, -0.05) is 6.07 Å². The maximum atomic E-state index is 12.9. The van der Waals surface area contributed by atoms with Crippen molar-refractivity contribution in [3.05, 3.63) is 68.4 Å². The Morgan fingerprint density at radius 2 is 1.94 bits per heavy atom.